The third-order valence-electron chi connectivity index (χ3n) is 3.99. The lowest BCUT2D eigenvalue weighted by atomic mass is 10.0. The van der Waals surface area contributed by atoms with Crippen LogP contribution in [0.4, 0.5) is 13.2 Å². The van der Waals surface area contributed by atoms with Crippen molar-refractivity contribution < 1.29 is 17.9 Å². The molecule has 134 valence electrons. The fourth-order valence-corrected chi connectivity index (χ4v) is 2.68. The Morgan fingerprint density at radius 1 is 0.846 bits per heavy atom. The first-order valence-corrected chi connectivity index (χ1v) is 8.02. The van der Waals surface area contributed by atoms with Gasteiger partial charge in [0.05, 0.1) is 11.3 Å². The zero-order valence-electron chi connectivity index (χ0n) is 14.6. The van der Waals surface area contributed by atoms with Gasteiger partial charge in [0.2, 0.25) is 5.88 Å². The number of halogens is 3. The van der Waals surface area contributed by atoms with Crippen LogP contribution in [-0.4, -0.2) is 10.2 Å². The molecule has 1 aromatic heterocycles. The Labute approximate surface area is 149 Å². The van der Waals surface area contributed by atoms with Gasteiger partial charge in [0, 0.05) is 5.56 Å². The molecule has 6 heteroatoms. The maximum atomic E-state index is 13.1. The summed E-state index contributed by atoms with van der Waals surface area (Å²) in [7, 11) is 0. The van der Waals surface area contributed by atoms with E-state index >= 15 is 0 Å². The van der Waals surface area contributed by atoms with Crippen LogP contribution < -0.4 is 4.74 Å². The highest BCUT2D eigenvalue weighted by molar-refractivity contribution is 5.70. The van der Waals surface area contributed by atoms with Gasteiger partial charge >= 0.3 is 6.18 Å². The van der Waals surface area contributed by atoms with Crippen molar-refractivity contribution in [1.82, 2.24) is 10.2 Å². The number of para-hydroxylation sites is 1. The third kappa shape index (κ3) is 3.69. The summed E-state index contributed by atoms with van der Waals surface area (Å²) in [6.45, 7) is 5.52. The molecule has 0 saturated carbocycles. The summed E-state index contributed by atoms with van der Waals surface area (Å²) >= 11 is 0. The van der Waals surface area contributed by atoms with Crippen LogP contribution in [-0.2, 0) is 6.18 Å². The van der Waals surface area contributed by atoms with Crippen molar-refractivity contribution in [1.29, 1.82) is 0 Å². The summed E-state index contributed by atoms with van der Waals surface area (Å²) in [6.07, 6.45) is -4.42. The van der Waals surface area contributed by atoms with Gasteiger partial charge in [0.15, 0.2) is 0 Å². The van der Waals surface area contributed by atoms with E-state index in [1.54, 1.807) is 19.1 Å². The average molecular weight is 358 g/mol. The van der Waals surface area contributed by atoms with E-state index < -0.39 is 11.7 Å². The lowest BCUT2D eigenvalue weighted by Gasteiger charge is -2.15. The highest BCUT2D eigenvalue weighted by atomic mass is 19.4. The minimum Gasteiger partial charge on any atom is -0.436 e. The number of aromatic nitrogens is 2. The van der Waals surface area contributed by atoms with Gasteiger partial charge in [-0.25, -0.2) is 0 Å². The van der Waals surface area contributed by atoms with Gasteiger partial charge in [0.25, 0.3) is 0 Å². The van der Waals surface area contributed by atoms with E-state index in [0.29, 0.717) is 22.6 Å². The molecule has 0 saturated heterocycles. The Morgan fingerprint density at radius 2 is 1.50 bits per heavy atom. The van der Waals surface area contributed by atoms with Crippen molar-refractivity contribution in [2.45, 2.75) is 26.9 Å². The van der Waals surface area contributed by atoms with E-state index in [1.807, 2.05) is 32.0 Å². The molecule has 0 atom stereocenters. The maximum absolute atomic E-state index is 13.1. The first-order chi connectivity index (χ1) is 12.3. The highest BCUT2D eigenvalue weighted by Gasteiger charge is 2.30. The van der Waals surface area contributed by atoms with Crippen molar-refractivity contribution in [3.63, 3.8) is 0 Å². The van der Waals surface area contributed by atoms with Crippen molar-refractivity contribution in [2.75, 3.05) is 0 Å². The second-order valence-corrected chi connectivity index (χ2v) is 6.11. The molecule has 0 aliphatic rings. The molecular formula is C20H17F3N2O. The van der Waals surface area contributed by atoms with Crippen LogP contribution in [0.15, 0.2) is 48.5 Å². The molecule has 3 rings (SSSR count). The summed E-state index contributed by atoms with van der Waals surface area (Å²) in [5.74, 6) is 0.797. The molecule has 0 fully saturated rings. The number of benzene rings is 2. The molecule has 0 unspecified atom stereocenters. The van der Waals surface area contributed by atoms with E-state index in [0.717, 1.165) is 23.3 Å². The summed E-state index contributed by atoms with van der Waals surface area (Å²) in [4.78, 5) is 0. The third-order valence-corrected chi connectivity index (χ3v) is 3.99. The molecule has 0 bridgehead atoms. The minimum atomic E-state index is -4.42. The van der Waals surface area contributed by atoms with Crippen LogP contribution in [0.3, 0.4) is 0 Å². The maximum Gasteiger partial charge on any atom is 0.416 e. The van der Waals surface area contributed by atoms with Gasteiger partial charge in [0.1, 0.15) is 5.75 Å². The van der Waals surface area contributed by atoms with E-state index in [1.165, 1.54) is 6.07 Å². The molecule has 0 amide bonds. The predicted molar refractivity (Wildman–Crippen MR) is 93.2 cm³/mol. The van der Waals surface area contributed by atoms with E-state index in [4.69, 9.17) is 4.74 Å². The van der Waals surface area contributed by atoms with Gasteiger partial charge in [-0.3, -0.25) is 0 Å². The molecule has 0 radical (unpaired) electrons. The van der Waals surface area contributed by atoms with Crippen molar-refractivity contribution in [2.24, 2.45) is 0 Å². The van der Waals surface area contributed by atoms with Gasteiger partial charge in [-0.2, -0.15) is 18.3 Å². The lowest BCUT2D eigenvalue weighted by molar-refractivity contribution is -0.137. The average Bonchev–Trinajstić information content (AvgIpc) is 2.59. The van der Waals surface area contributed by atoms with Gasteiger partial charge in [-0.15, -0.1) is 5.10 Å². The molecule has 0 N–H and O–H groups in total. The topological polar surface area (TPSA) is 35.0 Å². The van der Waals surface area contributed by atoms with Crippen LogP contribution in [0.25, 0.3) is 11.1 Å². The van der Waals surface area contributed by atoms with Crippen molar-refractivity contribution in [3.05, 3.63) is 70.9 Å². The fourth-order valence-electron chi connectivity index (χ4n) is 2.68. The molecule has 0 spiro atoms. The van der Waals surface area contributed by atoms with Gasteiger partial charge in [-0.1, -0.05) is 30.3 Å². The number of ether oxygens (including phenoxy) is 1. The minimum absolute atomic E-state index is 0.173. The van der Waals surface area contributed by atoms with Crippen LogP contribution in [0.1, 0.15) is 22.4 Å². The molecule has 0 aliphatic carbocycles. The summed E-state index contributed by atoms with van der Waals surface area (Å²) in [5.41, 5.74) is 2.52. The number of nitrogens with zero attached hydrogens (tertiary/aromatic N) is 2. The Morgan fingerprint density at radius 3 is 2.15 bits per heavy atom. The molecule has 26 heavy (non-hydrogen) atoms. The summed E-state index contributed by atoms with van der Waals surface area (Å²) in [6, 6.07) is 12.5. The Balaban J connectivity index is 2.10. The number of aryl methyl sites for hydroxylation is 3. The molecule has 0 aliphatic heterocycles. The number of rotatable bonds is 3. The Bertz CT molecular complexity index is 932. The second-order valence-electron chi connectivity index (χ2n) is 6.11. The van der Waals surface area contributed by atoms with Crippen LogP contribution in [0.5, 0.6) is 11.6 Å². The van der Waals surface area contributed by atoms with Crippen molar-refractivity contribution >= 4 is 0 Å². The van der Waals surface area contributed by atoms with Gasteiger partial charge in [-0.05, 0) is 55.7 Å². The zero-order valence-corrected chi connectivity index (χ0v) is 14.6. The fraction of sp³-hybridized carbons (Fsp3) is 0.200. The van der Waals surface area contributed by atoms with Crippen LogP contribution in [0, 0.1) is 20.8 Å². The monoisotopic (exact) mass is 358 g/mol. The largest absolute Gasteiger partial charge is 0.436 e. The smallest absolute Gasteiger partial charge is 0.416 e. The first kappa shape index (κ1) is 17.9. The highest BCUT2D eigenvalue weighted by Crippen LogP contribution is 2.37. The van der Waals surface area contributed by atoms with E-state index in [2.05, 4.69) is 10.2 Å². The second kappa shape index (κ2) is 6.78. The standard InChI is InChI=1S/C20H17F3N2O/c1-12-6-4-7-13(2)18(12)26-19-17(10-14(3)24-25-19)15-8-5-9-16(11-15)20(21,22)23/h4-11H,1-3H3. The van der Waals surface area contributed by atoms with Crippen molar-refractivity contribution in [3.8, 4) is 22.8 Å². The number of hydrogen-bond acceptors (Lipinski definition) is 3. The molecular weight excluding hydrogens is 341 g/mol. The van der Waals surface area contributed by atoms with Crippen LogP contribution in [0.2, 0.25) is 0 Å². The number of hydrogen-bond donors (Lipinski definition) is 0. The predicted octanol–water partition coefficient (Wildman–Crippen LogP) is 5.88. The normalized spacial score (nSPS) is 11.5. The SMILES string of the molecule is Cc1cc(-c2cccc(C(F)(F)F)c2)c(Oc2c(C)cccc2C)nn1. The molecule has 3 aromatic rings. The first-order valence-electron chi connectivity index (χ1n) is 8.02. The van der Waals surface area contributed by atoms with E-state index in [9.17, 15) is 13.2 Å². The molecule has 3 nitrogen and oxygen atoms in total. The van der Waals surface area contributed by atoms with Crippen LogP contribution >= 0.6 is 0 Å². The lowest BCUT2D eigenvalue weighted by Crippen LogP contribution is -2.05. The zero-order chi connectivity index (χ0) is 18.9. The molecule has 1 heterocycles. The van der Waals surface area contributed by atoms with E-state index in [-0.39, 0.29) is 5.88 Å². The Hall–Kier alpha value is -2.89. The van der Waals surface area contributed by atoms with Gasteiger partial charge < -0.3 is 4.74 Å². The Kier molecular flexibility index (Phi) is 4.68. The summed E-state index contributed by atoms with van der Waals surface area (Å²) < 4.78 is 45.1. The summed E-state index contributed by atoms with van der Waals surface area (Å²) in [5, 5.41) is 8.07. The quantitative estimate of drug-likeness (QED) is 0.586. The number of alkyl halides is 3. The molecule has 2 aromatic carbocycles.